The number of hydrogen-bond acceptors (Lipinski definition) is 5. The number of amides is 1. The number of carbonyl (C=O) groups is 1. The monoisotopic (exact) mass is 376 g/mol. The van der Waals surface area contributed by atoms with Crippen molar-refractivity contribution in [2.45, 2.75) is 24.5 Å². The van der Waals surface area contributed by atoms with E-state index < -0.39 is 0 Å². The molecule has 0 aromatic carbocycles. The highest BCUT2D eigenvalue weighted by molar-refractivity contribution is 6.41. The van der Waals surface area contributed by atoms with Gasteiger partial charge in [-0.15, -0.1) is 0 Å². The average molecular weight is 377 g/mol. The minimum atomic E-state index is -0.269. The largest absolute Gasteiger partial charge is 0.373 e. The Morgan fingerprint density at radius 2 is 1.92 bits per heavy atom. The number of aromatic nitrogens is 3. The molecule has 0 spiro atoms. The Kier molecular flexibility index (Phi) is 3.48. The molecule has 0 unspecified atom stereocenters. The van der Waals surface area contributed by atoms with Gasteiger partial charge < -0.3 is 10.1 Å². The fourth-order valence-corrected chi connectivity index (χ4v) is 4.66. The third-order valence-electron chi connectivity index (χ3n) is 5.48. The summed E-state index contributed by atoms with van der Waals surface area (Å²) in [6.07, 6.45) is 7.71. The average Bonchev–Trinajstić information content (AvgIpc) is 3.23. The van der Waals surface area contributed by atoms with Crippen molar-refractivity contribution in [1.82, 2.24) is 15.0 Å². The highest BCUT2D eigenvalue weighted by Crippen LogP contribution is 2.65. The van der Waals surface area contributed by atoms with Gasteiger partial charge in [-0.25, -0.2) is 15.0 Å². The quantitative estimate of drug-likeness (QED) is 0.833. The van der Waals surface area contributed by atoms with Crippen LogP contribution in [-0.4, -0.2) is 33.1 Å². The molecule has 6 atom stereocenters. The second kappa shape index (κ2) is 5.62. The number of rotatable bonds is 3. The first kappa shape index (κ1) is 15.5. The maximum absolute atomic E-state index is 13.0. The van der Waals surface area contributed by atoms with E-state index in [1.165, 1.54) is 12.5 Å². The lowest BCUT2D eigenvalue weighted by Crippen LogP contribution is -2.37. The van der Waals surface area contributed by atoms with Crippen LogP contribution in [0.4, 0.5) is 5.69 Å². The van der Waals surface area contributed by atoms with E-state index in [4.69, 9.17) is 27.9 Å². The summed E-state index contributed by atoms with van der Waals surface area (Å²) in [4.78, 5) is 25.2. The molecule has 3 fully saturated rings. The summed E-state index contributed by atoms with van der Waals surface area (Å²) < 4.78 is 6.14. The minimum absolute atomic E-state index is 0.0225. The molecule has 2 aromatic rings. The topological polar surface area (TPSA) is 77.0 Å². The smallest absolute Gasteiger partial charge is 0.230 e. The Bertz CT molecular complexity index is 850. The Morgan fingerprint density at radius 3 is 2.68 bits per heavy atom. The summed E-state index contributed by atoms with van der Waals surface area (Å²) >= 11 is 11.8. The number of nitrogens with one attached hydrogen (secondary N) is 1. The standard InChI is InChI=1S/C17H14Cl2N4O2/c18-11-1-8(5-22-16(11)19)23-17(24)13-12(7-3-20-6-21-4-7)14-9-2-10(9)15(13)25-14/h1,3-6,9-10,12-15H,2H2,(H,23,24)/t9-,10+,12+,13+,14-,15+/m0/s1. The van der Waals surface area contributed by atoms with E-state index in [0.717, 1.165) is 12.0 Å². The molecule has 4 heterocycles. The number of ether oxygens (including phenoxy) is 1. The highest BCUT2D eigenvalue weighted by Gasteiger charge is 2.68. The lowest BCUT2D eigenvalue weighted by molar-refractivity contribution is -0.122. The van der Waals surface area contributed by atoms with Gasteiger partial charge >= 0.3 is 0 Å². The first-order chi connectivity index (χ1) is 12.1. The second-order valence-electron chi connectivity index (χ2n) is 6.84. The molecule has 128 valence electrons. The molecule has 2 saturated heterocycles. The second-order valence-corrected chi connectivity index (χ2v) is 7.60. The lowest BCUT2D eigenvalue weighted by Gasteiger charge is -2.26. The molecule has 1 amide bonds. The SMILES string of the molecule is O=C(Nc1cnc(Cl)c(Cl)c1)[C@H]1[C@@H]2O[C@@H]([C@H]3C[C@H]32)[C@@H]1c1cncnc1. The molecule has 2 bridgehead atoms. The van der Waals surface area contributed by atoms with E-state index in [2.05, 4.69) is 20.3 Å². The molecule has 3 aliphatic rings. The van der Waals surface area contributed by atoms with Crippen LogP contribution in [0.2, 0.25) is 10.2 Å². The fourth-order valence-electron chi connectivity index (χ4n) is 4.39. The Balaban J connectivity index is 1.44. The number of anilines is 1. The van der Waals surface area contributed by atoms with Crippen molar-refractivity contribution in [3.05, 3.63) is 46.7 Å². The predicted molar refractivity (Wildman–Crippen MR) is 91.4 cm³/mol. The number of halogens is 2. The van der Waals surface area contributed by atoms with Gasteiger partial charge in [-0.3, -0.25) is 4.79 Å². The normalized spacial score (nSPS) is 34.6. The zero-order valence-corrected chi connectivity index (χ0v) is 14.5. The summed E-state index contributed by atoms with van der Waals surface area (Å²) in [5, 5.41) is 3.43. The van der Waals surface area contributed by atoms with Crippen LogP contribution in [0.1, 0.15) is 17.9 Å². The van der Waals surface area contributed by atoms with E-state index in [1.54, 1.807) is 18.5 Å². The van der Waals surface area contributed by atoms with Crippen LogP contribution < -0.4 is 5.32 Å². The van der Waals surface area contributed by atoms with E-state index in [9.17, 15) is 4.79 Å². The predicted octanol–water partition coefficient (Wildman–Crippen LogP) is 2.93. The Morgan fingerprint density at radius 1 is 1.16 bits per heavy atom. The van der Waals surface area contributed by atoms with E-state index >= 15 is 0 Å². The molecule has 1 saturated carbocycles. The molecule has 1 aliphatic carbocycles. The van der Waals surface area contributed by atoms with Crippen molar-refractivity contribution in [3.63, 3.8) is 0 Å². The van der Waals surface area contributed by atoms with Gasteiger partial charge in [-0.2, -0.15) is 0 Å². The van der Waals surface area contributed by atoms with Gasteiger partial charge in [0.15, 0.2) is 0 Å². The van der Waals surface area contributed by atoms with Gasteiger partial charge in [0.2, 0.25) is 5.91 Å². The number of pyridine rings is 1. The van der Waals surface area contributed by atoms with E-state index in [1.807, 2.05) is 0 Å². The Labute approximate surface area is 153 Å². The summed E-state index contributed by atoms with van der Waals surface area (Å²) in [6.45, 7) is 0. The van der Waals surface area contributed by atoms with Gasteiger partial charge in [0.1, 0.15) is 11.5 Å². The number of hydrogen-bond donors (Lipinski definition) is 1. The lowest BCUT2D eigenvalue weighted by atomic mass is 9.75. The van der Waals surface area contributed by atoms with Gasteiger partial charge in [0, 0.05) is 18.3 Å². The van der Waals surface area contributed by atoms with Crippen molar-refractivity contribution in [2.24, 2.45) is 17.8 Å². The number of fused-ring (bicyclic) bond motifs is 5. The van der Waals surface area contributed by atoms with E-state index in [-0.39, 0.29) is 35.1 Å². The van der Waals surface area contributed by atoms with Gasteiger partial charge in [0.05, 0.1) is 35.0 Å². The van der Waals surface area contributed by atoms with Crippen LogP contribution >= 0.6 is 23.2 Å². The molecule has 2 aromatic heterocycles. The van der Waals surface area contributed by atoms with Crippen molar-refractivity contribution in [2.75, 3.05) is 5.32 Å². The molecule has 2 aliphatic heterocycles. The number of nitrogens with zero attached hydrogens (tertiary/aromatic N) is 3. The third kappa shape index (κ3) is 2.43. The molecule has 25 heavy (non-hydrogen) atoms. The van der Waals surface area contributed by atoms with E-state index in [0.29, 0.717) is 22.5 Å². The minimum Gasteiger partial charge on any atom is -0.373 e. The molecular weight excluding hydrogens is 363 g/mol. The van der Waals surface area contributed by atoms with Crippen LogP contribution in [0.5, 0.6) is 0 Å². The first-order valence-corrected chi connectivity index (χ1v) is 8.91. The summed E-state index contributed by atoms with van der Waals surface area (Å²) in [5.41, 5.74) is 1.48. The zero-order chi connectivity index (χ0) is 17.1. The third-order valence-corrected chi connectivity index (χ3v) is 6.16. The van der Waals surface area contributed by atoms with Crippen molar-refractivity contribution >= 4 is 34.8 Å². The van der Waals surface area contributed by atoms with Crippen molar-refractivity contribution in [1.29, 1.82) is 0 Å². The number of carbonyl (C=O) groups excluding carboxylic acids is 1. The fraction of sp³-hybridized carbons (Fsp3) is 0.412. The van der Waals surface area contributed by atoms with Crippen LogP contribution in [0.15, 0.2) is 31.0 Å². The summed E-state index contributed by atoms with van der Waals surface area (Å²) in [5.74, 6) is 0.672. The van der Waals surface area contributed by atoms with Crippen molar-refractivity contribution < 1.29 is 9.53 Å². The maximum atomic E-state index is 13.0. The summed E-state index contributed by atoms with van der Waals surface area (Å²) in [6, 6.07) is 1.60. The molecular formula is C17H14Cl2N4O2. The molecule has 1 N–H and O–H groups in total. The molecule has 8 heteroatoms. The highest BCUT2D eigenvalue weighted by atomic mass is 35.5. The first-order valence-electron chi connectivity index (χ1n) is 8.16. The van der Waals surface area contributed by atoms with Crippen LogP contribution in [-0.2, 0) is 9.53 Å². The maximum Gasteiger partial charge on any atom is 0.230 e. The molecule has 5 rings (SSSR count). The van der Waals surface area contributed by atoms with Crippen LogP contribution in [0.3, 0.4) is 0 Å². The van der Waals surface area contributed by atoms with Crippen LogP contribution in [0.25, 0.3) is 0 Å². The molecule has 0 radical (unpaired) electrons. The Hall–Kier alpha value is -1.76. The zero-order valence-electron chi connectivity index (χ0n) is 13.0. The van der Waals surface area contributed by atoms with Crippen molar-refractivity contribution in [3.8, 4) is 0 Å². The van der Waals surface area contributed by atoms with Crippen LogP contribution in [0, 0.1) is 17.8 Å². The summed E-state index contributed by atoms with van der Waals surface area (Å²) in [7, 11) is 0. The molecule has 6 nitrogen and oxygen atoms in total. The van der Waals surface area contributed by atoms with Gasteiger partial charge in [-0.1, -0.05) is 23.2 Å². The van der Waals surface area contributed by atoms with Gasteiger partial charge in [-0.05, 0) is 29.9 Å². The van der Waals surface area contributed by atoms with Gasteiger partial charge in [0.25, 0.3) is 0 Å².